The smallest absolute Gasteiger partial charge is 0.128 e. The minimum Gasteiger partial charge on any atom is -0.378 e. The Hall–Kier alpha value is -2.42. The van der Waals surface area contributed by atoms with Gasteiger partial charge in [-0.3, -0.25) is 0 Å². The van der Waals surface area contributed by atoms with Gasteiger partial charge in [0, 0.05) is 17.8 Å². The fraction of sp³-hybridized carbons (Fsp3) is 0.111. The molecule has 3 rings (SSSR count). The van der Waals surface area contributed by atoms with Crippen molar-refractivity contribution in [2.75, 3.05) is 5.32 Å². The van der Waals surface area contributed by atoms with Gasteiger partial charge in [-0.1, -0.05) is 42.5 Å². The molecule has 0 saturated heterocycles. The Balaban J connectivity index is 1.95. The molecule has 0 bridgehead atoms. The van der Waals surface area contributed by atoms with E-state index >= 15 is 0 Å². The van der Waals surface area contributed by atoms with Crippen LogP contribution >= 0.6 is 0 Å². The lowest BCUT2D eigenvalue weighted by Gasteiger charge is -2.18. The molecular weight excluding hydrogens is 268 g/mol. The van der Waals surface area contributed by atoms with Crippen LogP contribution in [0.5, 0.6) is 0 Å². The number of benzene rings is 3. The van der Waals surface area contributed by atoms with Gasteiger partial charge in [0.25, 0.3) is 0 Å². The third kappa shape index (κ3) is 2.87. The van der Waals surface area contributed by atoms with Crippen molar-refractivity contribution >= 4 is 16.5 Å². The molecule has 0 spiro atoms. The van der Waals surface area contributed by atoms with Crippen LogP contribution in [0.15, 0.2) is 60.7 Å². The van der Waals surface area contributed by atoms with Gasteiger partial charge in [0.15, 0.2) is 0 Å². The summed E-state index contributed by atoms with van der Waals surface area (Å²) in [7, 11) is 0. The van der Waals surface area contributed by atoms with E-state index in [0.29, 0.717) is 5.69 Å². The number of anilines is 1. The second-order valence-electron chi connectivity index (χ2n) is 5.09. The third-order valence-corrected chi connectivity index (χ3v) is 3.54. The van der Waals surface area contributed by atoms with Gasteiger partial charge >= 0.3 is 0 Å². The van der Waals surface area contributed by atoms with Crippen LogP contribution in [0.2, 0.25) is 0 Å². The zero-order chi connectivity index (χ0) is 14.8. The van der Waals surface area contributed by atoms with E-state index in [1.54, 1.807) is 0 Å². The SMILES string of the molecule is CC(Nc1cc(F)cc(F)c1)c1cccc2ccccc12. The quantitative estimate of drug-likeness (QED) is 0.688. The highest BCUT2D eigenvalue weighted by Gasteiger charge is 2.10. The van der Waals surface area contributed by atoms with Crippen molar-refractivity contribution in [3.63, 3.8) is 0 Å². The Morgan fingerprint density at radius 3 is 2.29 bits per heavy atom. The van der Waals surface area contributed by atoms with Gasteiger partial charge in [-0.05, 0) is 35.4 Å². The van der Waals surface area contributed by atoms with Crippen LogP contribution in [-0.2, 0) is 0 Å². The second-order valence-corrected chi connectivity index (χ2v) is 5.09. The first kappa shape index (κ1) is 13.6. The fourth-order valence-electron chi connectivity index (χ4n) is 2.59. The van der Waals surface area contributed by atoms with Crippen LogP contribution in [0.3, 0.4) is 0 Å². The summed E-state index contributed by atoms with van der Waals surface area (Å²) in [6.07, 6.45) is 0. The Bertz CT molecular complexity index is 758. The standard InChI is InChI=1S/C18H15F2N/c1-12(21-16-10-14(19)9-15(20)11-16)17-8-4-6-13-5-2-3-7-18(13)17/h2-12,21H,1H3. The van der Waals surface area contributed by atoms with E-state index in [-0.39, 0.29) is 6.04 Å². The highest BCUT2D eigenvalue weighted by atomic mass is 19.1. The molecule has 0 aliphatic heterocycles. The summed E-state index contributed by atoms with van der Waals surface area (Å²) in [6.45, 7) is 1.98. The highest BCUT2D eigenvalue weighted by molar-refractivity contribution is 5.86. The molecule has 0 radical (unpaired) electrons. The first-order chi connectivity index (χ1) is 10.1. The van der Waals surface area contributed by atoms with Gasteiger partial charge in [-0.15, -0.1) is 0 Å². The molecule has 1 nitrogen and oxygen atoms in total. The fourth-order valence-corrected chi connectivity index (χ4v) is 2.59. The normalized spacial score (nSPS) is 12.3. The van der Waals surface area contributed by atoms with E-state index in [1.165, 1.54) is 12.1 Å². The van der Waals surface area contributed by atoms with Gasteiger partial charge in [0.1, 0.15) is 11.6 Å². The number of rotatable bonds is 3. The lowest BCUT2D eigenvalue weighted by atomic mass is 9.99. The zero-order valence-electron chi connectivity index (χ0n) is 11.6. The molecule has 3 aromatic carbocycles. The van der Waals surface area contributed by atoms with E-state index in [9.17, 15) is 8.78 Å². The molecule has 0 saturated carbocycles. The maximum absolute atomic E-state index is 13.3. The molecule has 0 fully saturated rings. The minimum atomic E-state index is -0.581. The average Bonchev–Trinajstić information content (AvgIpc) is 2.45. The lowest BCUT2D eigenvalue weighted by Crippen LogP contribution is -2.07. The van der Waals surface area contributed by atoms with Crippen LogP contribution in [0.1, 0.15) is 18.5 Å². The van der Waals surface area contributed by atoms with E-state index < -0.39 is 11.6 Å². The van der Waals surface area contributed by atoms with Crippen LogP contribution in [0, 0.1) is 11.6 Å². The third-order valence-electron chi connectivity index (χ3n) is 3.54. The number of halogens is 2. The molecule has 0 amide bonds. The molecule has 106 valence electrons. The molecule has 1 atom stereocenters. The molecule has 3 heteroatoms. The van der Waals surface area contributed by atoms with Gasteiger partial charge in [-0.25, -0.2) is 8.78 Å². The molecule has 0 aliphatic carbocycles. The van der Waals surface area contributed by atoms with Crippen LogP contribution in [0.25, 0.3) is 10.8 Å². The van der Waals surface area contributed by atoms with Crippen molar-refractivity contribution in [1.82, 2.24) is 0 Å². The highest BCUT2D eigenvalue weighted by Crippen LogP contribution is 2.27. The lowest BCUT2D eigenvalue weighted by molar-refractivity contribution is 0.583. The molecule has 1 N–H and O–H groups in total. The summed E-state index contributed by atoms with van der Waals surface area (Å²) in [5.41, 5.74) is 1.53. The Labute approximate surface area is 122 Å². The predicted octanol–water partition coefficient (Wildman–Crippen LogP) is 5.29. The van der Waals surface area contributed by atoms with E-state index in [2.05, 4.69) is 11.4 Å². The number of nitrogens with one attached hydrogen (secondary N) is 1. The van der Waals surface area contributed by atoms with Crippen LogP contribution in [0.4, 0.5) is 14.5 Å². The molecule has 1 unspecified atom stereocenters. The Morgan fingerprint density at radius 2 is 1.52 bits per heavy atom. The first-order valence-corrected chi connectivity index (χ1v) is 6.84. The predicted molar refractivity (Wildman–Crippen MR) is 82.3 cm³/mol. The summed E-state index contributed by atoms with van der Waals surface area (Å²) in [4.78, 5) is 0. The van der Waals surface area contributed by atoms with Gasteiger partial charge in [0.05, 0.1) is 0 Å². The van der Waals surface area contributed by atoms with E-state index in [0.717, 1.165) is 22.4 Å². The van der Waals surface area contributed by atoms with Gasteiger partial charge in [-0.2, -0.15) is 0 Å². The maximum atomic E-state index is 13.3. The summed E-state index contributed by atoms with van der Waals surface area (Å²) in [6, 6.07) is 17.5. The van der Waals surface area contributed by atoms with E-state index in [4.69, 9.17) is 0 Å². The zero-order valence-corrected chi connectivity index (χ0v) is 11.6. The second kappa shape index (κ2) is 5.52. The molecule has 0 aliphatic rings. The topological polar surface area (TPSA) is 12.0 Å². The van der Waals surface area contributed by atoms with Crippen molar-refractivity contribution in [3.05, 3.63) is 77.9 Å². The summed E-state index contributed by atoms with van der Waals surface area (Å²) >= 11 is 0. The van der Waals surface area contributed by atoms with Crippen molar-refractivity contribution in [2.45, 2.75) is 13.0 Å². The molecule has 21 heavy (non-hydrogen) atoms. The molecule has 0 aromatic heterocycles. The summed E-state index contributed by atoms with van der Waals surface area (Å²) in [5, 5.41) is 5.44. The average molecular weight is 283 g/mol. The van der Waals surface area contributed by atoms with Crippen molar-refractivity contribution in [3.8, 4) is 0 Å². The summed E-state index contributed by atoms with van der Waals surface area (Å²) in [5.74, 6) is -1.16. The Kier molecular flexibility index (Phi) is 3.57. The maximum Gasteiger partial charge on any atom is 0.128 e. The van der Waals surface area contributed by atoms with Crippen LogP contribution in [-0.4, -0.2) is 0 Å². The molecule has 3 aromatic rings. The first-order valence-electron chi connectivity index (χ1n) is 6.84. The van der Waals surface area contributed by atoms with Gasteiger partial charge in [0.2, 0.25) is 0 Å². The monoisotopic (exact) mass is 283 g/mol. The van der Waals surface area contributed by atoms with Crippen molar-refractivity contribution in [2.24, 2.45) is 0 Å². The van der Waals surface area contributed by atoms with Crippen LogP contribution < -0.4 is 5.32 Å². The van der Waals surface area contributed by atoms with Crippen molar-refractivity contribution < 1.29 is 8.78 Å². The van der Waals surface area contributed by atoms with Gasteiger partial charge < -0.3 is 5.32 Å². The minimum absolute atomic E-state index is 0.0581. The molecule has 0 heterocycles. The number of hydrogen-bond acceptors (Lipinski definition) is 1. The van der Waals surface area contributed by atoms with E-state index in [1.807, 2.05) is 43.3 Å². The number of fused-ring (bicyclic) bond motifs is 1. The largest absolute Gasteiger partial charge is 0.378 e. The number of hydrogen-bond donors (Lipinski definition) is 1. The summed E-state index contributed by atoms with van der Waals surface area (Å²) < 4.78 is 26.5. The Morgan fingerprint density at radius 1 is 0.857 bits per heavy atom. The van der Waals surface area contributed by atoms with Crippen molar-refractivity contribution in [1.29, 1.82) is 0 Å². The molecular formula is C18H15F2N.